The first-order chi connectivity index (χ1) is 18.6. The van der Waals surface area contributed by atoms with Crippen molar-refractivity contribution in [3.63, 3.8) is 0 Å². The highest BCUT2D eigenvalue weighted by molar-refractivity contribution is 5.88. The zero-order chi connectivity index (χ0) is 28.0. The summed E-state index contributed by atoms with van der Waals surface area (Å²) < 4.78 is 7.57. The number of ether oxygens (including phenoxy) is 1. The maximum atomic E-state index is 13.5. The fraction of sp³-hybridized carbons (Fsp3) is 0.429. The number of fused-ring (bicyclic) bond motifs is 1. The summed E-state index contributed by atoms with van der Waals surface area (Å²) in [6, 6.07) is 16.0. The normalized spacial score (nSPS) is 15.2. The number of para-hydroxylation sites is 2. The predicted octanol–water partition coefficient (Wildman–Crippen LogP) is 2.63. The van der Waals surface area contributed by atoms with Crippen LogP contribution in [0.15, 0.2) is 59.4 Å². The molecule has 2 heterocycles. The number of likely N-dealkylation sites (tertiary alicyclic amines) is 1. The quantitative estimate of drug-likeness (QED) is 0.313. The zero-order valence-electron chi connectivity index (χ0n) is 22.2. The lowest BCUT2D eigenvalue weighted by molar-refractivity contribution is -0.139. The van der Waals surface area contributed by atoms with E-state index in [1.807, 2.05) is 54.6 Å². The Morgan fingerprint density at radius 1 is 1.08 bits per heavy atom. The van der Waals surface area contributed by atoms with E-state index in [9.17, 15) is 19.2 Å². The van der Waals surface area contributed by atoms with Crippen molar-refractivity contribution in [1.82, 2.24) is 25.1 Å². The summed E-state index contributed by atoms with van der Waals surface area (Å²) in [5, 5.41) is 14.1. The lowest BCUT2D eigenvalue weighted by Crippen LogP contribution is -2.54. The van der Waals surface area contributed by atoms with E-state index >= 15 is 0 Å². The fourth-order valence-electron chi connectivity index (χ4n) is 5.03. The van der Waals surface area contributed by atoms with Crippen molar-refractivity contribution in [3.05, 3.63) is 70.6 Å². The number of hydrogen-bond acceptors (Lipinski definition) is 5. The van der Waals surface area contributed by atoms with E-state index in [0.29, 0.717) is 25.9 Å². The molecular weight excluding hydrogens is 502 g/mol. The first-order valence-electron chi connectivity index (χ1n) is 13.0. The predicted molar refractivity (Wildman–Crippen MR) is 145 cm³/mol. The Morgan fingerprint density at radius 2 is 1.74 bits per heavy atom. The number of nitrogens with zero attached hydrogens (tertiary/aromatic N) is 2. The van der Waals surface area contributed by atoms with Gasteiger partial charge in [-0.25, -0.2) is 9.59 Å². The van der Waals surface area contributed by atoms with Gasteiger partial charge in [0.15, 0.2) is 0 Å². The van der Waals surface area contributed by atoms with Gasteiger partial charge in [-0.15, -0.1) is 0 Å². The van der Waals surface area contributed by atoms with Crippen molar-refractivity contribution in [2.45, 2.75) is 57.3 Å². The molecule has 4 N–H and O–H groups in total. The minimum absolute atomic E-state index is 0.0336. The van der Waals surface area contributed by atoms with Crippen molar-refractivity contribution >= 4 is 28.9 Å². The lowest BCUT2D eigenvalue weighted by Gasteiger charge is -2.35. The van der Waals surface area contributed by atoms with Crippen molar-refractivity contribution in [2.75, 3.05) is 19.7 Å². The molecule has 0 bridgehead atoms. The first kappa shape index (κ1) is 27.9. The molecule has 1 aliphatic rings. The number of carbonyl (C=O) groups excluding carboxylic acids is 2. The van der Waals surface area contributed by atoms with Crippen LogP contribution in [0, 0.1) is 0 Å². The van der Waals surface area contributed by atoms with Crippen LogP contribution >= 0.6 is 0 Å². The molecule has 2 aromatic carbocycles. The van der Waals surface area contributed by atoms with Crippen LogP contribution in [0.3, 0.4) is 0 Å². The summed E-state index contributed by atoms with van der Waals surface area (Å²) in [6.45, 7) is 4.28. The number of hydrogen-bond donors (Lipinski definition) is 4. The smallest absolute Gasteiger partial charge is 0.405 e. The van der Waals surface area contributed by atoms with Gasteiger partial charge < -0.3 is 30.4 Å². The third kappa shape index (κ3) is 7.26. The minimum atomic E-state index is -1.23. The number of imidazole rings is 1. The number of H-pyrrole nitrogens is 1. The van der Waals surface area contributed by atoms with Gasteiger partial charge in [-0.05, 0) is 44.4 Å². The zero-order valence-corrected chi connectivity index (χ0v) is 22.2. The maximum absolute atomic E-state index is 13.5. The van der Waals surface area contributed by atoms with E-state index in [4.69, 9.17) is 9.84 Å². The van der Waals surface area contributed by atoms with Gasteiger partial charge in [0.1, 0.15) is 6.04 Å². The number of aromatic amines is 1. The standard InChI is InChI=1S/C28H35N5O6/c1-28(2,31-27(37)38)16-24(34)29-22(18-39-17-19-8-4-3-5-9-19)25(35)32-14-12-20(13-15-32)33-23-11-7-6-10-21(23)30-26(33)36/h3-11,20,22,31H,12-18H2,1-2H3,(H,29,34)(H,30,36)(H,37,38). The summed E-state index contributed by atoms with van der Waals surface area (Å²) in [5.41, 5.74) is 1.37. The van der Waals surface area contributed by atoms with Gasteiger partial charge >= 0.3 is 11.8 Å². The van der Waals surface area contributed by atoms with Gasteiger partial charge in [0.25, 0.3) is 0 Å². The molecule has 11 heteroatoms. The van der Waals surface area contributed by atoms with Crippen LogP contribution < -0.4 is 16.3 Å². The van der Waals surface area contributed by atoms with E-state index in [2.05, 4.69) is 15.6 Å². The highest BCUT2D eigenvalue weighted by Gasteiger charge is 2.32. The summed E-state index contributed by atoms with van der Waals surface area (Å²) in [6.07, 6.45) is -0.194. The second-order valence-electron chi connectivity index (χ2n) is 10.5. The average Bonchev–Trinajstić information content (AvgIpc) is 3.23. The number of carboxylic acid groups (broad SMARTS) is 1. The number of rotatable bonds is 10. The number of carbonyl (C=O) groups is 3. The Kier molecular flexibility index (Phi) is 8.70. The molecule has 0 saturated carbocycles. The molecule has 208 valence electrons. The molecule has 1 fully saturated rings. The van der Waals surface area contributed by atoms with Gasteiger partial charge in [0, 0.05) is 31.1 Å². The summed E-state index contributed by atoms with van der Waals surface area (Å²) >= 11 is 0. The Bertz CT molecular complexity index is 1360. The van der Waals surface area contributed by atoms with E-state index < -0.39 is 23.6 Å². The van der Waals surface area contributed by atoms with Crippen molar-refractivity contribution in [2.24, 2.45) is 0 Å². The molecule has 1 aromatic heterocycles. The summed E-state index contributed by atoms with van der Waals surface area (Å²) in [4.78, 5) is 54.6. The van der Waals surface area contributed by atoms with Gasteiger partial charge in [0.2, 0.25) is 11.8 Å². The topological polar surface area (TPSA) is 146 Å². The van der Waals surface area contributed by atoms with E-state index in [1.54, 1.807) is 23.3 Å². The van der Waals surface area contributed by atoms with E-state index in [0.717, 1.165) is 16.6 Å². The fourth-order valence-corrected chi connectivity index (χ4v) is 5.03. The Morgan fingerprint density at radius 3 is 2.44 bits per heavy atom. The second-order valence-corrected chi connectivity index (χ2v) is 10.5. The monoisotopic (exact) mass is 537 g/mol. The van der Waals surface area contributed by atoms with Crippen LogP contribution in [0.25, 0.3) is 11.0 Å². The summed E-state index contributed by atoms with van der Waals surface area (Å²) in [7, 11) is 0. The van der Waals surface area contributed by atoms with Crippen LogP contribution in [-0.4, -0.2) is 68.7 Å². The third-order valence-electron chi connectivity index (χ3n) is 6.84. The maximum Gasteiger partial charge on any atom is 0.405 e. The van der Waals surface area contributed by atoms with Crippen LogP contribution in [0.5, 0.6) is 0 Å². The van der Waals surface area contributed by atoms with Gasteiger partial charge in [0.05, 0.1) is 24.2 Å². The molecule has 1 atom stereocenters. The van der Waals surface area contributed by atoms with Crippen LogP contribution in [0.4, 0.5) is 4.79 Å². The molecule has 1 unspecified atom stereocenters. The Labute approximate surface area is 226 Å². The highest BCUT2D eigenvalue weighted by Crippen LogP contribution is 2.25. The van der Waals surface area contributed by atoms with Crippen molar-refractivity contribution in [1.29, 1.82) is 0 Å². The molecule has 4 rings (SSSR count). The minimum Gasteiger partial charge on any atom is -0.465 e. The van der Waals surface area contributed by atoms with Crippen LogP contribution in [-0.2, 0) is 20.9 Å². The van der Waals surface area contributed by atoms with Crippen LogP contribution in [0.2, 0.25) is 0 Å². The highest BCUT2D eigenvalue weighted by atomic mass is 16.5. The van der Waals surface area contributed by atoms with Crippen molar-refractivity contribution < 1.29 is 24.2 Å². The molecule has 0 aliphatic carbocycles. The molecule has 1 saturated heterocycles. The lowest BCUT2D eigenvalue weighted by atomic mass is 10.00. The van der Waals surface area contributed by atoms with Gasteiger partial charge in [-0.1, -0.05) is 42.5 Å². The average molecular weight is 538 g/mol. The Hall–Kier alpha value is -4.12. The Balaban J connectivity index is 1.41. The number of nitrogens with one attached hydrogen (secondary N) is 3. The molecule has 11 nitrogen and oxygen atoms in total. The number of piperidine rings is 1. The molecule has 3 aromatic rings. The van der Waals surface area contributed by atoms with Gasteiger partial charge in [-0.2, -0.15) is 0 Å². The molecule has 39 heavy (non-hydrogen) atoms. The third-order valence-corrected chi connectivity index (χ3v) is 6.84. The first-order valence-corrected chi connectivity index (χ1v) is 13.0. The molecule has 0 spiro atoms. The number of aromatic nitrogens is 2. The molecular formula is C28H35N5O6. The second kappa shape index (κ2) is 12.2. The largest absolute Gasteiger partial charge is 0.465 e. The number of amides is 3. The molecule has 3 amide bonds. The molecule has 0 radical (unpaired) electrons. The number of benzene rings is 2. The van der Waals surface area contributed by atoms with Crippen LogP contribution in [0.1, 0.15) is 44.7 Å². The van der Waals surface area contributed by atoms with Gasteiger partial charge in [-0.3, -0.25) is 14.2 Å². The van der Waals surface area contributed by atoms with E-state index in [-0.39, 0.29) is 37.3 Å². The SMILES string of the molecule is CC(C)(CC(=O)NC(COCc1ccccc1)C(=O)N1CCC(n2c(=O)[nH]c3ccccc32)CC1)NC(=O)O. The summed E-state index contributed by atoms with van der Waals surface area (Å²) in [5.74, 6) is -0.735. The molecule has 1 aliphatic heterocycles. The van der Waals surface area contributed by atoms with Crippen molar-refractivity contribution in [3.8, 4) is 0 Å². The van der Waals surface area contributed by atoms with E-state index in [1.165, 1.54) is 0 Å².